The number of aryl methyl sites for hydroxylation is 2. The lowest BCUT2D eigenvalue weighted by Gasteiger charge is -2.07. The predicted molar refractivity (Wildman–Crippen MR) is 108 cm³/mol. The third-order valence-corrected chi connectivity index (χ3v) is 5.22. The number of aromatic nitrogens is 4. The van der Waals surface area contributed by atoms with Crippen LogP contribution in [0, 0.1) is 0 Å². The lowest BCUT2D eigenvalue weighted by molar-refractivity contribution is 0.102. The molecule has 0 radical (unpaired) electrons. The summed E-state index contributed by atoms with van der Waals surface area (Å²) in [6.07, 6.45) is 3.28. The Morgan fingerprint density at radius 1 is 1.32 bits per heavy atom. The van der Waals surface area contributed by atoms with E-state index in [1.54, 1.807) is 30.5 Å². The van der Waals surface area contributed by atoms with Crippen LogP contribution in [0.1, 0.15) is 29.5 Å². The first-order chi connectivity index (χ1) is 13.7. The number of benzene rings is 1. The van der Waals surface area contributed by atoms with Gasteiger partial charge < -0.3 is 14.7 Å². The highest BCUT2D eigenvalue weighted by molar-refractivity contribution is 7.18. The first-order valence-electron chi connectivity index (χ1n) is 9.07. The zero-order chi connectivity index (χ0) is 19.5. The fraction of sp³-hybridized carbons (Fsp3) is 0.263. The number of anilines is 1. The Hall–Kier alpha value is -3.04. The second kappa shape index (κ2) is 7.91. The summed E-state index contributed by atoms with van der Waals surface area (Å²) in [6, 6.07) is 9.11. The molecule has 3 heterocycles. The molecule has 0 saturated carbocycles. The number of rotatable bonds is 7. The Morgan fingerprint density at radius 3 is 2.96 bits per heavy atom. The molecule has 28 heavy (non-hydrogen) atoms. The summed E-state index contributed by atoms with van der Waals surface area (Å²) in [5.41, 5.74) is 7.98. The molecule has 3 N–H and O–H groups in total. The molecule has 144 valence electrons. The van der Waals surface area contributed by atoms with Crippen molar-refractivity contribution in [3.05, 3.63) is 48.0 Å². The van der Waals surface area contributed by atoms with Gasteiger partial charge in [-0.25, -0.2) is 4.98 Å². The van der Waals surface area contributed by atoms with Gasteiger partial charge >= 0.3 is 0 Å². The van der Waals surface area contributed by atoms with Crippen molar-refractivity contribution in [2.75, 3.05) is 11.9 Å². The Labute approximate surface area is 165 Å². The number of amides is 1. The van der Waals surface area contributed by atoms with Crippen molar-refractivity contribution >= 4 is 33.4 Å². The van der Waals surface area contributed by atoms with E-state index in [-0.39, 0.29) is 5.91 Å². The monoisotopic (exact) mass is 396 g/mol. The lowest BCUT2D eigenvalue weighted by Crippen LogP contribution is -2.11. The van der Waals surface area contributed by atoms with E-state index < -0.39 is 0 Å². The van der Waals surface area contributed by atoms with E-state index in [1.165, 1.54) is 11.3 Å². The number of nitrogens with one attached hydrogen (secondary N) is 1. The minimum Gasteiger partial charge on any atom is -0.462 e. The van der Waals surface area contributed by atoms with Gasteiger partial charge in [-0.15, -0.1) is 10.2 Å². The van der Waals surface area contributed by atoms with Crippen molar-refractivity contribution in [2.24, 2.45) is 5.73 Å². The van der Waals surface area contributed by atoms with Crippen LogP contribution >= 0.6 is 11.3 Å². The molecular formula is C19H20N6O2S. The summed E-state index contributed by atoms with van der Waals surface area (Å²) in [5.74, 6) is 1.36. The highest BCUT2D eigenvalue weighted by Gasteiger charge is 2.15. The Kier molecular flexibility index (Phi) is 5.18. The molecular weight excluding hydrogens is 376 g/mol. The molecule has 0 spiro atoms. The molecule has 9 heteroatoms. The smallest absolute Gasteiger partial charge is 0.257 e. The quantitative estimate of drug-likeness (QED) is 0.496. The molecule has 4 aromatic rings. The zero-order valence-electron chi connectivity index (χ0n) is 15.4. The van der Waals surface area contributed by atoms with Crippen molar-refractivity contribution in [3.8, 4) is 10.8 Å². The summed E-state index contributed by atoms with van der Waals surface area (Å²) in [5, 5.41) is 11.9. The van der Waals surface area contributed by atoms with Gasteiger partial charge in [-0.2, -0.15) is 0 Å². The van der Waals surface area contributed by atoms with Gasteiger partial charge in [0.2, 0.25) is 5.13 Å². The lowest BCUT2D eigenvalue weighted by atomic mass is 10.2. The van der Waals surface area contributed by atoms with E-state index in [2.05, 4.69) is 32.0 Å². The summed E-state index contributed by atoms with van der Waals surface area (Å²) in [4.78, 5) is 17.3. The molecule has 0 fully saturated rings. The largest absolute Gasteiger partial charge is 0.462 e. The van der Waals surface area contributed by atoms with E-state index in [0.29, 0.717) is 28.0 Å². The number of hydrogen-bond donors (Lipinski definition) is 2. The second-order valence-corrected chi connectivity index (χ2v) is 7.20. The van der Waals surface area contributed by atoms with Gasteiger partial charge in [0.25, 0.3) is 5.91 Å². The molecule has 1 amide bonds. The summed E-state index contributed by atoms with van der Waals surface area (Å²) < 4.78 is 7.47. The highest BCUT2D eigenvalue weighted by Crippen LogP contribution is 2.27. The minimum atomic E-state index is -0.251. The van der Waals surface area contributed by atoms with Crippen LogP contribution in [0.15, 0.2) is 41.0 Å². The fourth-order valence-corrected chi connectivity index (χ4v) is 3.74. The van der Waals surface area contributed by atoms with Gasteiger partial charge in [0.05, 0.1) is 17.3 Å². The summed E-state index contributed by atoms with van der Waals surface area (Å²) >= 11 is 1.26. The number of nitrogens with zero attached hydrogens (tertiary/aromatic N) is 4. The first kappa shape index (κ1) is 18.3. The molecule has 4 rings (SSSR count). The van der Waals surface area contributed by atoms with E-state index >= 15 is 0 Å². The van der Waals surface area contributed by atoms with Crippen molar-refractivity contribution in [1.29, 1.82) is 0 Å². The van der Waals surface area contributed by atoms with Crippen molar-refractivity contribution in [2.45, 2.75) is 26.3 Å². The summed E-state index contributed by atoms with van der Waals surface area (Å²) in [6.45, 7) is 3.52. The van der Waals surface area contributed by atoms with Gasteiger partial charge in [0.15, 0.2) is 10.8 Å². The Morgan fingerprint density at radius 2 is 2.21 bits per heavy atom. The van der Waals surface area contributed by atoms with E-state index in [9.17, 15) is 4.79 Å². The highest BCUT2D eigenvalue weighted by atomic mass is 32.1. The molecule has 0 aliphatic rings. The fourth-order valence-electron chi connectivity index (χ4n) is 3.03. The number of carbonyl (C=O) groups is 1. The van der Waals surface area contributed by atoms with Gasteiger partial charge in [-0.05, 0) is 43.3 Å². The number of hydrogen-bond acceptors (Lipinski definition) is 7. The van der Waals surface area contributed by atoms with Crippen LogP contribution in [0.25, 0.3) is 21.8 Å². The summed E-state index contributed by atoms with van der Waals surface area (Å²) in [7, 11) is 0. The third-order valence-electron chi connectivity index (χ3n) is 4.37. The van der Waals surface area contributed by atoms with Gasteiger partial charge in [-0.3, -0.25) is 10.1 Å². The normalized spacial score (nSPS) is 11.2. The maximum absolute atomic E-state index is 12.6. The zero-order valence-corrected chi connectivity index (χ0v) is 16.2. The molecule has 0 atom stereocenters. The Balaban J connectivity index is 1.56. The molecule has 3 aromatic heterocycles. The van der Waals surface area contributed by atoms with E-state index in [4.69, 9.17) is 10.2 Å². The maximum atomic E-state index is 12.6. The van der Waals surface area contributed by atoms with Gasteiger partial charge in [-0.1, -0.05) is 18.3 Å². The SMILES string of the molecule is CCc1nc2cc(C(=O)Nc3nnc(-c4ccco4)s3)ccc2n1CCCN. The molecule has 0 saturated heterocycles. The van der Waals surface area contributed by atoms with Gasteiger partial charge in [0, 0.05) is 18.5 Å². The van der Waals surface area contributed by atoms with Crippen LogP contribution in [0.2, 0.25) is 0 Å². The van der Waals surface area contributed by atoms with Crippen LogP contribution in [0.3, 0.4) is 0 Å². The number of nitrogens with two attached hydrogens (primary N) is 1. The van der Waals surface area contributed by atoms with Crippen LogP contribution in [-0.2, 0) is 13.0 Å². The van der Waals surface area contributed by atoms with Crippen LogP contribution in [-0.4, -0.2) is 32.2 Å². The number of carbonyl (C=O) groups excluding carboxylic acids is 1. The first-order valence-corrected chi connectivity index (χ1v) is 9.89. The molecule has 0 bridgehead atoms. The topological polar surface area (TPSA) is 112 Å². The maximum Gasteiger partial charge on any atom is 0.257 e. The molecule has 0 aliphatic carbocycles. The molecule has 1 aromatic carbocycles. The second-order valence-electron chi connectivity index (χ2n) is 6.22. The van der Waals surface area contributed by atoms with Gasteiger partial charge in [0.1, 0.15) is 5.82 Å². The van der Waals surface area contributed by atoms with Crippen LogP contribution in [0.4, 0.5) is 5.13 Å². The number of furan rings is 1. The molecule has 8 nitrogen and oxygen atoms in total. The van der Waals surface area contributed by atoms with Crippen molar-refractivity contribution in [3.63, 3.8) is 0 Å². The average molecular weight is 396 g/mol. The molecule has 0 aliphatic heterocycles. The number of fused-ring (bicyclic) bond motifs is 1. The average Bonchev–Trinajstić information content (AvgIpc) is 3.44. The van der Waals surface area contributed by atoms with Crippen LogP contribution < -0.4 is 11.1 Å². The minimum absolute atomic E-state index is 0.251. The van der Waals surface area contributed by atoms with Crippen molar-refractivity contribution < 1.29 is 9.21 Å². The molecule has 0 unspecified atom stereocenters. The Bertz CT molecular complexity index is 1100. The number of imidazole rings is 1. The predicted octanol–water partition coefficient (Wildman–Crippen LogP) is 3.31. The standard InChI is InChI=1S/C19H20N6O2S/c1-2-16-21-13-11-12(6-7-14(13)25(16)9-4-8-20)17(26)22-19-24-23-18(28-19)15-5-3-10-27-15/h3,5-7,10-11H,2,4,8-9,20H2,1H3,(H,22,24,26). The van der Waals surface area contributed by atoms with Crippen molar-refractivity contribution in [1.82, 2.24) is 19.7 Å². The third kappa shape index (κ3) is 3.54. The van der Waals surface area contributed by atoms with E-state index in [1.807, 2.05) is 6.07 Å². The van der Waals surface area contributed by atoms with E-state index in [0.717, 1.165) is 36.2 Å². The van der Waals surface area contributed by atoms with Crippen LogP contribution in [0.5, 0.6) is 0 Å².